The lowest BCUT2D eigenvalue weighted by Gasteiger charge is -2.22. The number of imidazole rings is 1. The summed E-state index contributed by atoms with van der Waals surface area (Å²) in [6.07, 6.45) is 6.00. The molecule has 0 amide bonds. The zero-order valence-corrected chi connectivity index (χ0v) is 9.44. The molecule has 0 aliphatic heterocycles. The molecule has 1 aliphatic rings. The van der Waals surface area contributed by atoms with Gasteiger partial charge in [-0.1, -0.05) is 0 Å². The van der Waals surface area contributed by atoms with Crippen LogP contribution in [0.1, 0.15) is 31.2 Å². The van der Waals surface area contributed by atoms with Crippen LogP contribution in [0.25, 0.3) is 0 Å². The van der Waals surface area contributed by atoms with Gasteiger partial charge in [0, 0.05) is 5.69 Å². The van der Waals surface area contributed by atoms with Crippen molar-refractivity contribution >= 4 is 5.97 Å². The van der Waals surface area contributed by atoms with Gasteiger partial charge in [-0.2, -0.15) is 0 Å². The molecule has 0 saturated carbocycles. The maximum Gasteiger partial charge on any atom is 0.325 e. The highest BCUT2D eigenvalue weighted by atomic mass is 16.4. The largest absolute Gasteiger partial charge is 0.480 e. The van der Waals surface area contributed by atoms with Gasteiger partial charge in [-0.3, -0.25) is 4.79 Å². The van der Waals surface area contributed by atoms with Crippen LogP contribution >= 0.6 is 0 Å². The summed E-state index contributed by atoms with van der Waals surface area (Å²) < 4.78 is 1.89. The molecule has 1 atom stereocenters. The van der Waals surface area contributed by atoms with E-state index >= 15 is 0 Å². The summed E-state index contributed by atoms with van der Waals surface area (Å²) in [7, 11) is 0. The van der Waals surface area contributed by atoms with Gasteiger partial charge in [0.25, 0.3) is 0 Å². The summed E-state index contributed by atoms with van der Waals surface area (Å²) in [4.78, 5) is 15.3. The number of rotatable bonds is 3. The van der Waals surface area contributed by atoms with Crippen LogP contribution in [0.4, 0.5) is 0 Å². The maximum absolute atomic E-state index is 11.0. The average Bonchev–Trinajstić information content (AvgIpc) is 2.61. The molecule has 0 fully saturated rings. The Balaban J connectivity index is 2.22. The monoisotopic (exact) mass is 223 g/mol. The van der Waals surface area contributed by atoms with Crippen molar-refractivity contribution < 1.29 is 9.90 Å². The molecule has 5 nitrogen and oxygen atoms in total. The normalized spacial score (nSPS) is 18.9. The Labute approximate surface area is 94.3 Å². The van der Waals surface area contributed by atoms with Crippen LogP contribution in [0.15, 0.2) is 6.33 Å². The summed E-state index contributed by atoms with van der Waals surface area (Å²) in [6.45, 7) is 1.81. The Kier molecular flexibility index (Phi) is 2.71. The van der Waals surface area contributed by atoms with Gasteiger partial charge < -0.3 is 15.4 Å². The number of aromatic nitrogens is 2. The van der Waals surface area contributed by atoms with E-state index in [1.807, 2.05) is 4.57 Å². The van der Waals surface area contributed by atoms with E-state index in [2.05, 4.69) is 4.98 Å². The predicted octanol–water partition coefficient (Wildman–Crippen LogP) is 0.564. The van der Waals surface area contributed by atoms with Crippen LogP contribution in [-0.4, -0.2) is 26.2 Å². The van der Waals surface area contributed by atoms with E-state index in [9.17, 15) is 4.79 Å². The van der Waals surface area contributed by atoms with Gasteiger partial charge in [0.05, 0.1) is 18.6 Å². The first-order valence-corrected chi connectivity index (χ1v) is 5.56. The second-order valence-electron chi connectivity index (χ2n) is 4.70. The van der Waals surface area contributed by atoms with Crippen molar-refractivity contribution in [1.82, 2.24) is 9.55 Å². The Morgan fingerprint density at radius 1 is 1.62 bits per heavy atom. The minimum atomic E-state index is -1.23. The van der Waals surface area contributed by atoms with Gasteiger partial charge in [0.2, 0.25) is 0 Å². The van der Waals surface area contributed by atoms with Gasteiger partial charge >= 0.3 is 5.97 Å². The third-order valence-electron chi connectivity index (χ3n) is 3.10. The first-order valence-electron chi connectivity index (χ1n) is 5.56. The predicted molar refractivity (Wildman–Crippen MR) is 59.1 cm³/mol. The fraction of sp³-hybridized carbons (Fsp3) is 0.636. The number of fused-ring (bicyclic) bond motifs is 1. The number of hydrogen-bond acceptors (Lipinski definition) is 3. The van der Waals surface area contributed by atoms with Gasteiger partial charge in [-0.05, 0) is 32.6 Å². The standard InChI is InChI=1S/C11H17N3O2/c1-11(12,10(15)16)6-14-7-13-8-4-2-3-5-9(8)14/h7H,2-6,12H2,1H3,(H,15,16). The fourth-order valence-electron chi connectivity index (χ4n) is 2.09. The number of carbonyl (C=O) groups is 1. The lowest BCUT2D eigenvalue weighted by atomic mass is 10.00. The SMILES string of the molecule is CC(N)(Cn1cnc2c1CCCC2)C(=O)O. The minimum absolute atomic E-state index is 0.282. The molecule has 0 bridgehead atoms. The molecule has 5 heteroatoms. The molecule has 0 aromatic carbocycles. The highest BCUT2D eigenvalue weighted by Crippen LogP contribution is 2.21. The molecule has 1 aromatic rings. The minimum Gasteiger partial charge on any atom is -0.480 e. The lowest BCUT2D eigenvalue weighted by molar-refractivity contribution is -0.143. The second kappa shape index (κ2) is 3.90. The van der Waals surface area contributed by atoms with Crippen molar-refractivity contribution in [3.63, 3.8) is 0 Å². The van der Waals surface area contributed by atoms with E-state index in [0.717, 1.165) is 30.7 Å². The zero-order chi connectivity index (χ0) is 11.8. The van der Waals surface area contributed by atoms with Crippen molar-refractivity contribution in [2.45, 2.75) is 44.7 Å². The molecule has 88 valence electrons. The molecule has 0 spiro atoms. The Bertz CT molecular complexity index is 409. The summed E-state index contributed by atoms with van der Waals surface area (Å²) >= 11 is 0. The molecule has 16 heavy (non-hydrogen) atoms. The quantitative estimate of drug-likeness (QED) is 0.784. The molecule has 1 unspecified atom stereocenters. The zero-order valence-electron chi connectivity index (χ0n) is 9.44. The van der Waals surface area contributed by atoms with Crippen molar-refractivity contribution in [1.29, 1.82) is 0 Å². The molecule has 0 saturated heterocycles. The van der Waals surface area contributed by atoms with Crippen LogP contribution in [0.5, 0.6) is 0 Å². The van der Waals surface area contributed by atoms with Crippen LogP contribution in [0.3, 0.4) is 0 Å². The molecule has 3 N–H and O–H groups in total. The number of aliphatic carboxylic acids is 1. The number of carboxylic acids is 1. The Morgan fingerprint density at radius 3 is 3.00 bits per heavy atom. The third-order valence-corrected chi connectivity index (χ3v) is 3.10. The Hall–Kier alpha value is -1.36. The molecular formula is C11H17N3O2. The first kappa shape index (κ1) is 11.1. The van der Waals surface area contributed by atoms with Crippen molar-refractivity contribution in [3.05, 3.63) is 17.7 Å². The van der Waals surface area contributed by atoms with Crippen LogP contribution in [-0.2, 0) is 24.2 Å². The van der Waals surface area contributed by atoms with Crippen molar-refractivity contribution in [2.75, 3.05) is 0 Å². The van der Waals surface area contributed by atoms with Gasteiger partial charge in [0.1, 0.15) is 5.54 Å². The average molecular weight is 223 g/mol. The Morgan fingerprint density at radius 2 is 2.31 bits per heavy atom. The molecule has 1 heterocycles. The van der Waals surface area contributed by atoms with E-state index in [4.69, 9.17) is 10.8 Å². The summed E-state index contributed by atoms with van der Waals surface area (Å²) in [6, 6.07) is 0. The summed E-state index contributed by atoms with van der Waals surface area (Å²) in [5.74, 6) is -0.981. The number of carboxylic acid groups (broad SMARTS) is 1. The summed E-state index contributed by atoms with van der Waals surface area (Å²) in [5.41, 5.74) is 6.77. The van der Waals surface area contributed by atoms with Crippen molar-refractivity contribution in [3.8, 4) is 0 Å². The topological polar surface area (TPSA) is 81.1 Å². The van der Waals surface area contributed by atoms with Crippen molar-refractivity contribution in [2.24, 2.45) is 5.73 Å². The first-order chi connectivity index (χ1) is 7.50. The van der Waals surface area contributed by atoms with E-state index in [0.29, 0.717) is 0 Å². The van der Waals surface area contributed by atoms with Crippen LogP contribution in [0.2, 0.25) is 0 Å². The number of aryl methyl sites for hydroxylation is 1. The smallest absolute Gasteiger partial charge is 0.325 e. The molecule has 1 aliphatic carbocycles. The number of nitrogens with zero attached hydrogens (tertiary/aromatic N) is 2. The van der Waals surface area contributed by atoms with E-state index < -0.39 is 11.5 Å². The summed E-state index contributed by atoms with van der Waals surface area (Å²) in [5, 5.41) is 8.99. The molecule has 1 aromatic heterocycles. The fourth-order valence-corrected chi connectivity index (χ4v) is 2.09. The number of hydrogen-bond donors (Lipinski definition) is 2. The van der Waals surface area contributed by atoms with Gasteiger partial charge in [-0.15, -0.1) is 0 Å². The highest BCUT2D eigenvalue weighted by molar-refractivity contribution is 5.77. The molecule has 0 radical (unpaired) electrons. The van der Waals surface area contributed by atoms with Gasteiger partial charge in [-0.25, -0.2) is 4.98 Å². The van der Waals surface area contributed by atoms with E-state index in [1.54, 1.807) is 6.33 Å². The van der Waals surface area contributed by atoms with Crippen LogP contribution < -0.4 is 5.73 Å². The second-order valence-corrected chi connectivity index (χ2v) is 4.70. The lowest BCUT2D eigenvalue weighted by Crippen LogP contribution is -2.48. The highest BCUT2D eigenvalue weighted by Gasteiger charge is 2.30. The molecular weight excluding hydrogens is 206 g/mol. The van der Waals surface area contributed by atoms with E-state index in [-0.39, 0.29) is 6.54 Å². The molecule has 2 rings (SSSR count). The maximum atomic E-state index is 11.0. The third kappa shape index (κ3) is 1.95. The van der Waals surface area contributed by atoms with Crippen LogP contribution in [0, 0.1) is 0 Å². The number of nitrogens with two attached hydrogens (primary N) is 1. The van der Waals surface area contributed by atoms with E-state index in [1.165, 1.54) is 13.3 Å². The van der Waals surface area contributed by atoms with Gasteiger partial charge in [0.15, 0.2) is 0 Å².